The normalized spacial score (nSPS) is 24.1. The van der Waals surface area contributed by atoms with Gasteiger partial charge in [0.2, 0.25) is 55.4 Å². The van der Waals surface area contributed by atoms with Crippen molar-refractivity contribution < 1.29 is 74.1 Å². The lowest BCUT2D eigenvalue weighted by Crippen LogP contribution is -2.60. The molecular weight excluding hydrogens is 1550 g/mol. The topological polar surface area (TPSA) is 386 Å². The molecule has 6 aromatic rings. The third-order valence-electron chi connectivity index (χ3n) is 20.5. The molecule has 7 N–H and O–H groups in total. The first-order valence-electron chi connectivity index (χ1n) is 35.9. The number of fused-ring (bicyclic) bond motifs is 2. The van der Waals surface area contributed by atoms with E-state index in [1.165, 1.54) is 44.6 Å². The quantitative estimate of drug-likeness (QED) is 0.0257. The molecule has 2 aliphatic heterocycles. The van der Waals surface area contributed by atoms with E-state index in [0.717, 1.165) is 48.3 Å². The van der Waals surface area contributed by atoms with Crippen molar-refractivity contribution in [1.82, 2.24) is 55.1 Å². The van der Waals surface area contributed by atoms with E-state index >= 15 is 0 Å². The standard InChI is InChI=1S/C37H44N6O8S2.C32H38N6O6S2.C5H7ClO2.2ClH/c1-5-21-19-37(21,34(46)42-53(48,49)24-15-16-24)41-31(44)27-18-23(20-43(27)33(45)30(36(2,3)4)40-35(47)51-22-10-8-11-22)50-32-29(28-14-9-17-52-28)38-25-12-6-7-13-26(25)39-32;1-5-18-16-32(18,30(41)37-46(42,43)20-12-13-20)36-27(39)23-15-19(17-38(23)29(40)26(33)31(2,3)4)44-28-25(24-11-8-14-45-24)34-21-9-6-7-10-22(21)35-28;6-5(7)8-4-2-1-3-4;;/h5-7,9,12-14,17,21-24,27,30H,1,8,10-11,15-16,18-20H2,2-4H3,(H,40,47)(H,41,44)(H,42,46);5-11,14,18-20,23,26H,1,12-13,15-17,33H2,2-4H3,(H,36,39)(H,37,41);4H,1-3H2;2*1H/t21-,23-,27+,30-,37-;18-,19-,23+,26-,32-;;;/m11.../s1. The van der Waals surface area contributed by atoms with Crippen molar-refractivity contribution in [2.24, 2.45) is 28.4 Å². The molecule has 0 radical (unpaired) electrons. The fourth-order valence-electron chi connectivity index (χ4n) is 13.2. The van der Waals surface area contributed by atoms with Crippen LogP contribution in [0.5, 0.6) is 11.8 Å². The van der Waals surface area contributed by atoms with Gasteiger partial charge < -0.3 is 50.4 Å². The molecule has 28 nitrogen and oxygen atoms in total. The highest BCUT2D eigenvalue weighted by molar-refractivity contribution is 7.91. The number of thiophene rings is 2. The number of nitrogens with zero attached hydrogens (tertiary/aromatic N) is 6. The van der Waals surface area contributed by atoms with Crippen LogP contribution < -0.4 is 40.6 Å². The van der Waals surface area contributed by atoms with Gasteiger partial charge in [-0.25, -0.2) is 46.4 Å². The fraction of sp³-hybridized carbons (Fsp3) is 0.514. The van der Waals surface area contributed by atoms with E-state index in [4.69, 9.17) is 51.5 Å². The molecular formula is C74H91Cl3N12O16S4. The van der Waals surface area contributed by atoms with E-state index < -0.39 is 148 Å². The highest BCUT2D eigenvalue weighted by Gasteiger charge is 2.64. The number of benzene rings is 2. The second kappa shape index (κ2) is 33.4. The first-order valence-corrected chi connectivity index (χ1v) is 41.1. The molecule has 6 heterocycles. The minimum absolute atomic E-state index is 0. The van der Waals surface area contributed by atoms with E-state index in [-0.39, 0.29) is 87.6 Å². The van der Waals surface area contributed by atoms with Crippen molar-refractivity contribution >= 4 is 148 Å². The SMILES string of the molecule is C=C[C@@H]1C[C@]1(NC(=O)[C@@H]1C[C@@H](Oc2nc3ccccc3nc2-c2cccs2)CN1C(=O)[C@@H](N)C(C)(C)C)C(=O)NS(=O)(=O)C1CC1.C=C[C@@H]1C[C@]1(NC(=O)[C@@H]1C[C@@H](Oc2nc3ccccc3nc2-c2cccs2)CN1C(=O)[C@@H](NC(=O)OC1CCC1)C(C)(C)C)C(=O)NS(=O)(=O)C1CC1.Cl.Cl.O=C(Cl)OC1CCC1. The third kappa shape index (κ3) is 19.1. The van der Waals surface area contributed by atoms with Gasteiger partial charge in [0.1, 0.15) is 65.0 Å². The number of sulfonamides is 2. The maximum atomic E-state index is 14.6. The lowest BCUT2D eigenvalue weighted by atomic mass is 9.85. The van der Waals surface area contributed by atoms with Gasteiger partial charge in [-0.3, -0.25) is 38.2 Å². The molecule has 6 saturated carbocycles. The molecule has 10 atom stereocenters. The number of halogens is 3. The zero-order valence-corrected chi connectivity index (χ0v) is 66.7. The van der Waals surface area contributed by atoms with Crippen LogP contribution in [-0.4, -0.2) is 177 Å². The molecule has 2 saturated heterocycles. The number of hydrogen-bond acceptors (Lipinski definition) is 23. The number of carbonyl (C=O) groups is 8. The molecule has 35 heteroatoms. The second-order valence-corrected chi connectivity index (χ2v) is 36.8. The monoisotopic (exact) mass is 1640 g/mol. The summed E-state index contributed by atoms with van der Waals surface area (Å²) in [6, 6.07) is 18.2. The van der Waals surface area contributed by atoms with E-state index in [1.54, 1.807) is 20.8 Å². The summed E-state index contributed by atoms with van der Waals surface area (Å²) in [4.78, 5) is 130. The van der Waals surface area contributed by atoms with Crippen LogP contribution in [0.2, 0.25) is 0 Å². The van der Waals surface area contributed by atoms with Crippen LogP contribution in [0.3, 0.4) is 0 Å². The Balaban J connectivity index is 0.000000208. The zero-order chi connectivity index (χ0) is 76.7. The number of nitrogens with one attached hydrogen (secondary N) is 5. The van der Waals surface area contributed by atoms with Crippen LogP contribution >= 0.6 is 59.1 Å². The van der Waals surface area contributed by atoms with Gasteiger partial charge in [-0.05, 0) is 135 Å². The summed E-state index contributed by atoms with van der Waals surface area (Å²) in [7, 11) is -7.75. The van der Waals surface area contributed by atoms with Crippen molar-refractivity contribution in [3.63, 3.8) is 0 Å². The van der Waals surface area contributed by atoms with E-state index in [0.29, 0.717) is 59.1 Å². The number of rotatable bonds is 23. The first-order chi connectivity index (χ1) is 50.7. The summed E-state index contributed by atoms with van der Waals surface area (Å²) in [5.41, 5.74) is 4.93. The fourth-order valence-corrected chi connectivity index (χ4v) is 17.4. The Morgan fingerprint density at radius 2 is 0.963 bits per heavy atom. The van der Waals surface area contributed by atoms with Gasteiger partial charge in [0, 0.05) is 36.3 Å². The number of likely N-dealkylation sites (tertiary alicyclic amines) is 2. The van der Waals surface area contributed by atoms with Crippen LogP contribution in [0.15, 0.2) is 109 Å². The summed E-state index contributed by atoms with van der Waals surface area (Å²) >= 11 is 7.87. The smallest absolute Gasteiger partial charge is 0.408 e. The highest BCUT2D eigenvalue weighted by atomic mass is 35.5. The maximum Gasteiger partial charge on any atom is 0.408 e. The second-order valence-electron chi connectivity index (χ2n) is 30.7. The largest absolute Gasteiger partial charge is 0.471 e. The number of amides is 7. The Kier molecular flexibility index (Phi) is 25.6. The predicted octanol–water partition coefficient (Wildman–Crippen LogP) is 9.58. The molecule has 8 aliphatic rings. The van der Waals surface area contributed by atoms with E-state index in [2.05, 4.69) is 43.3 Å². The summed E-state index contributed by atoms with van der Waals surface area (Å²) in [5.74, 6) is -4.38. The van der Waals surface area contributed by atoms with Gasteiger partial charge in [-0.2, -0.15) is 0 Å². The molecule has 109 heavy (non-hydrogen) atoms. The number of carbonyl (C=O) groups excluding carboxylic acids is 8. The van der Waals surface area contributed by atoms with E-state index in [9.17, 15) is 55.2 Å². The minimum atomic E-state index is -3.90. The van der Waals surface area contributed by atoms with E-state index in [1.807, 2.05) is 104 Å². The van der Waals surface area contributed by atoms with Crippen LogP contribution in [0.25, 0.3) is 43.2 Å². The Hall–Kier alpha value is -8.11. The predicted molar refractivity (Wildman–Crippen MR) is 416 cm³/mol. The highest BCUT2D eigenvalue weighted by Crippen LogP contribution is 2.48. The third-order valence-corrected chi connectivity index (χ3v) is 26.0. The van der Waals surface area contributed by atoms with Gasteiger partial charge >= 0.3 is 11.5 Å². The van der Waals surface area contributed by atoms with Crippen LogP contribution in [0, 0.1) is 22.7 Å². The Bertz CT molecular complexity index is 4670. The number of aromatic nitrogens is 4. The molecule has 0 bridgehead atoms. The molecule has 6 aliphatic carbocycles. The molecule has 14 rings (SSSR count). The van der Waals surface area contributed by atoms with Crippen molar-refractivity contribution in [2.45, 2.75) is 202 Å². The Labute approximate surface area is 657 Å². The van der Waals surface area contributed by atoms with Crippen LogP contribution in [-0.2, 0) is 58.3 Å². The zero-order valence-electron chi connectivity index (χ0n) is 61.0. The average molecular weight is 1640 g/mol. The molecule has 7 amide bonds. The summed E-state index contributed by atoms with van der Waals surface area (Å²) in [6.45, 7) is 18.4. The van der Waals surface area contributed by atoms with Crippen molar-refractivity contribution in [1.29, 1.82) is 0 Å². The molecule has 0 spiro atoms. The lowest BCUT2D eigenvalue weighted by Gasteiger charge is -2.36. The number of ether oxygens (including phenoxy) is 4. The van der Waals surface area contributed by atoms with Crippen molar-refractivity contribution in [3.05, 3.63) is 109 Å². The number of alkyl carbamates (subject to hydrolysis) is 1. The first kappa shape index (κ1) is 83.4. The van der Waals surface area contributed by atoms with Gasteiger partial charge in [-0.1, -0.05) is 90.1 Å². The molecule has 4 aromatic heterocycles. The molecule has 8 fully saturated rings. The van der Waals surface area contributed by atoms with Gasteiger partial charge in [0.15, 0.2) is 0 Å². The molecule has 0 unspecified atom stereocenters. The Morgan fingerprint density at radius 3 is 1.28 bits per heavy atom. The number of hydrogen-bond donors (Lipinski definition) is 6. The van der Waals surface area contributed by atoms with Gasteiger partial charge in [0.05, 0.1) is 61.5 Å². The summed E-state index contributed by atoms with van der Waals surface area (Å²) < 4.78 is 78.0. The maximum absolute atomic E-state index is 14.6. The molecule has 2 aromatic carbocycles. The van der Waals surface area contributed by atoms with Crippen molar-refractivity contribution in [2.75, 3.05) is 13.1 Å². The number of nitrogens with two attached hydrogens (primary N) is 1. The average Bonchev–Trinajstić information content (AvgIpc) is 1.58. The summed E-state index contributed by atoms with van der Waals surface area (Å²) in [5, 5.41) is 10.9. The molecule has 588 valence electrons. The number of para-hydroxylation sites is 4. The minimum Gasteiger partial charge on any atom is -0.471 e. The van der Waals surface area contributed by atoms with Crippen LogP contribution in [0.4, 0.5) is 9.59 Å². The lowest BCUT2D eigenvalue weighted by molar-refractivity contribution is -0.143. The summed E-state index contributed by atoms with van der Waals surface area (Å²) in [6.07, 6.45) is 8.72. The van der Waals surface area contributed by atoms with Crippen LogP contribution in [0.1, 0.15) is 131 Å². The Morgan fingerprint density at radius 1 is 0.569 bits per heavy atom. The van der Waals surface area contributed by atoms with Gasteiger partial charge in [-0.15, -0.1) is 60.6 Å². The van der Waals surface area contributed by atoms with Gasteiger partial charge in [0.25, 0.3) is 11.8 Å². The van der Waals surface area contributed by atoms with Crippen molar-refractivity contribution in [3.8, 4) is 32.9 Å².